The second kappa shape index (κ2) is 14.8. The average Bonchev–Trinajstić information content (AvgIpc) is 3.29. The molecule has 0 amide bonds. The van der Waals surface area contributed by atoms with Gasteiger partial charge in [0.15, 0.2) is 0 Å². The zero-order valence-electron chi connectivity index (χ0n) is 22.5. The highest BCUT2D eigenvalue weighted by Gasteiger charge is 2.27. The number of hydrogen-bond acceptors (Lipinski definition) is 4. The van der Waals surface area contributed by atoms with Gasteiger partial charge in [-0.1, -0.05) is 42.0 Å². The summed E-state index contributed by atoms with van der Waals surface area (Å²) < 4.78 is 41.2. The lowest BCUT2D eigenvalue weighted by Gasteiger charge is -2.17. The summed E-state index contributed by atoms with van der Waals surface area (Å²) in [6, 6.07) is 18.5. The van der Waals surface area contributed by atoms with Gasteiger partial charge in [-0.25, -0.2) is 13.6 Å². The topological polar surface area (TPSA) is 89.2 Å². The van der Waals surface area contributed by atoms with E-state index in [0.29, 0.717) is 5.75 Å². The molecule has 2 aromatic carbocycles. The minimum absolute atomic E-state index is 0.0295. The molecule has 0 saturated heterocycles. The van der Waals surface area contributed by atoms with Crippen LogP contribution in [0.1, 0.15) is 52.5 Å². The van der Waals surface area contributed by atoms with Crippen molar-refractivity contribution in [1.82, 2.24) is 4.57 Å². The number of carbonyl (C=O) groups is 1. The van der Waals surface area contributed by atoms with Gasteiger partial charge in [0.05, 0.1) is 18.7 Å². The van der Waals surface area contributed by atoms with Crippen molar-refractivity contribution in [2.24, 2.45) is 5.11 Å². The predicted octanol–water partition coefficient (Wildman–Crippen LogP) is 8.51. The molecule has 0 radical (unpaired) electrons. The summed E-state index contributed by atoms with van der Waals surface area (Å²) in [5.41, 5.74) is 10.9. The van der Waals surface area contributed by atoms with E-state index in [-0.39, 0.29) is 50.5 Å². The number of azide groups is 1. The van der Waals surface area contributed by atoms with E-state index < -0.39 is 11.9 Å². The molecule has 0 N–H and O–H groups in total. The predicted molar refractivity (Wildman–Crippen MR) is 148 cm³/mol. The number of rotatable bonds is 12. The molecule has 1 heterocycles. The highest BCUT2D eigenvalue weighted by atomic mass is 19.3. The molecule has 0 spiro atoms. The fraction of sp³-hybridized carbons (Fsp3) is 0.414. The summed E-state index contributed by atoms with van der Waals surface area (Å²) in [7, 11) is 1.39. The third kappa shape index (κ3) is 9.23. The number of nitrogens with zero attached hydrogens (tertiary/aromatic N) is 4. The summed E-state index contributed by atoms with van der Waals surface area (Å²) in [5, 5.41) is 4.03. The van der Waals surface area contributed by atoms with Crippen molar-refractivity contribution in [3.05, 3.63) is 77.2 Å². The van der Waals surface area contributed by atoms with E-state index in [1.807, 2.05) is 36.4 Å². The van der Waals surface area contributed by atoms with Gasteiger partial charge in [0.1, 0.15) is 5.75 Å². The highest BCUT2D eigenvalue weighted by molar-refractivity contribution is 5.88. The monoisotopic (exact) mass is 526 g/mol. The summed E-state index contributed by atoms with van der Waals surface area (Å²) in [4.78, 5) is 13.7. The number of ether oxygens (including phenoxy) is 2. The van der Waals surface area contributed by atoms with Crippen LogP contribution in [0, 0.1) is 0 Å². The van der Waals surface area contributed by atoms with Gasteiger partial charge >= 0.3 is 5.97 Å². The van der Waals surface area contributed by atoms with Crippen LogP contribution in [0.2, 0.25) is 0 Å². The Balaban J connectivity index is 0.00000118. The van der Waals surface area contributed by atoms with Gasteiger partial charge in [0, 0.05) is 53.6 Å². The van der Waals surface area contributed by atoms with E-state index in [2.05, 4.69) is 53.2 Å². The van der Waals surface area contributed by atoms with Crippen molar-refractivity contribution >= 4 is 16.9 Å². The van der Waals surface area contributed by atoms with Gasteiger partial charge in [-0.2, -0.15) is 0 Å². The first-order valence-corrected chi connectivity index (χ1v) is 12.6. The molecule has 0 fully saturated rings. The third-order valence-electron chi connectivity index (χ3n) is 5.71. The lowest BCUT2D eigenvalue weighted by atomic mass is 10.1. The minimum atomic E-state index is -2.82. The Morgan fingerprint density at radius 3 is 2.32 bits per heavy atom. The van der Waals surface area contributed by atoms with E-state index in [1.165, 1.54) is 14.0 Å². The van der Waals surface area contributed by atoms with Gasteiger partial charge in [0.2, 0.25) is 5.92 Å². The number of halogens is 2. The minimum Gasteiger partial charge on any atom is -0.494 e. The second-order valence-corrected chi connectivity index (χ2v) is 9.20. The summed E-state index contributed by atoms with van der Waals surface area (Å²) >= 11 is 0. The lowest BCUT2D eigenvalue weighted by Crippen LogP contribution is -2.18. The van der Waals surface area contributed by atoms with Crippen molar-refractivity contribution < 1.29 is 23.0 Å². The Bertz CT molecular complexity index is 1250. The zero-order valence-corrected chi connectivity index (χ0v) is 22.5. The standard InChI is InChI=1S/C28H33F2NO3.CH3N3/c1-20(2)27(32)34-17-9-15-28(29,30)14-8-16-33-24-13-12-23-18-25(22-10-6-5-7-11-22)31(21(3)4)26(23)19-24;1-3-4-2/h5-7,10-13,18-19,21H,1,8-9,14-17H2,2-4H3;1H3. The van der Waals surface area contributed by atoms with Crippen molar-refractivity contribution in [2.45, 2.75) is 58.4 Å². The smallest absolute Gasteiger partial charge is 0.333 e. The van der Waals surface area contributed by atoms with Gasteiger partial charge < -0.3 is 14.0 Å². The Labute approximate surface area is 222 Å². The number of fused-ring (bicyclic) bond motifs is 1. The highest BCUT2D eigenvalue weighted by Crippen LogP contribution is 2.33. The molecule has 0 aliphatic rings. The first-order chi connectivity index (χ1) is 18.1. The van der Waals surface area contributed by atoms with Crippen LogP contribution >= 0.6 is 0 Å². The van der Waals surface area contributed by atoms with E-state index in [9.17, 15) is 13.6 Å². The largest absolute Gasteiger partial charge is 0.494 e. The maximum absolute atomic E-state index is 14.1. The molecule has 0 bridgehead atoms. The Hall–Kier alpha value is -3.84. The fourth-order valence-electron chi connectivity index (χ4n) is 3.94. The van der Waals surface area contributed by atoms with Crippen molar-refractivity contribution in [3.8, 4) is 17.0 Å². The SMILES string of the molecule is C=C(C)C(=O)OCCCC(F)(F)CCCOc1ccc2cc(-c3ccccc3)n(C(C)C)c2c1.CN=[N+]=[N-]. The molecule has 0 saturated carbocycles. The molecule has 1 aromatic heterocycles. The van der Waals surface area contributed by atoms with E-state index in [4.69, 9.17) is 15.0 Å². The Kier molecular flexibility index (Phi) is 11.8. The lowest BCUT2D eigenvalue weighted by molar-refractivity contribution is -0.139. The molecule has 204 valence electrons. The van der Waals surface area contributed by atoms with Crippen molar-refractivity contribution in [3.63, 3.8) is 0 Å². The summed E-state index contributed by atoms with van der Waals surface area (Å²) in [5.74, 6) is -2.70. The van der Waals surface area contributed by atoms with Crippen molar-refractivity contribution in [1.29, 1.82) is 0 Å². The van der Waals surface area contributed by atoms with Gasteiger partial charge in [0.25, 0.3) is 0 Å². The molecule has 38 heavy (non-hydrogen) atoms. The number of benzene rings is 2. The number of alkyl halides is 2. The number of esters is 1. The number of carbonyl (C=O) groups excluding carboxylic acids is 1. The maximum Gasteiger partial charge on any atom is 0.333 e. The molecular formula is C29H36F2N4O3. The van der Waals surface area contributed by atoms with Crippen LogP contribution in [0.3, 0.4) is 0 Å². The van der Waals surface area contributed by atoms with Crippen LogP contribution in [0.4, 0.5) is 8.78 Å². The Morgan fingerprint density at radius 2 is 1.74 bits per heavy atom. The van der Waals surface area contributed by atoms with Crippen LogP contribution < -0.4 is 4.74 Å². The Morgan fingerprint density at radius 1 is 1.11 bits per heavy atom. The first kappa shape index (κ1) is 30.4. The zero-order chi connectivity index (χ0) is 28.1. The van der Waals surface area contributed by atoms with Gasteiger partial charge in [-0.05, 0) is 62.9 Å². The number of hydrogen-bond donors (Lipinski definition) is 0. The van der Waals surface area contributed by atoms with E-state index in [0.717, 1.165) is 22.2 Å². The van der Waals surface area contributed by atoms with Crippen LogP contribution in [0.5, 0.6) is 5.75 Å². The molecule has 0 unspecified atom stereocenters. The molecule has 7 nitrogen and oxygen atoms in total. The van der Waals surface area contributed by atoms with Gasteiger partial charge in [-0.3, -0.25) is 0 Å². The van der Waals surface area contributed by atoms with E-state index in [1.54, 1.807) is 0 Å². The number of aromatic nitrogens is 1. The normalized spacial score (nSPS) is 10.9. The first-order valence-electron chi connectivity index (χ1n) is 12.6. The molecular weight excluding hydrogens is 490 g/mol. The molecule has 3 aromatic rings. The molecule has 0 atom stereocenters. The average molecular weight is 527 g/mol. The fourth-order valence-corrected chi connectivity index (χ4v) is 3.94. The summed E-state index contributed by atoms with van der Waals surface area (Å²) in [6.45, 7) is 9.45. The van der Waals surface area contributed by atoms with Gasteiger partial charge in [-0.15, -0.1) is 0 Å². The molecule has 9 heteroatoms. The second-order valence-electron chi connectivity index (χ2n) is 9.20. The third-order valence-corrected chi connectivity index (χ3v) is 5.71. The van der Waals surface area contributed by atoms with E-state index >= 15 is 0 Å². The molecule has 0 aliphatic carbocycles. The van der Waals surface area contributed by atoms with Crippen LogP contribution in [-0.2, 0) is 9.53 Å². The quantitative estimate of drug-likeness (QED) is 0.0591. The molecule has 3 rings (SSSR count). The van der Waals surface area contributed by atoms with Crippen LogP contribution in [0.15, 0.2) is 71.9 Å². The van der Waals surface area contributed by atoms with Crippen LogP contribution in [0.25, 0.3) is 32.6 Å². The summed E-state index contributed by atoms with van der Waals surface area (Å²) in [6.07, 6.45) is -0.257. The molecule has 0 aliphatic heterocycles. The van der Waals surface area contributed by atoms with Crippen molar-refractivity contribution in [2.75, 3.05) is 20.3 Å². The maximum atomic E-state index is 14.1. The van der Waals surface area contributed by atoms with Crippen LogP contribution in [-0.4, -0.2) is 36.7 Å².